The number of ether oxygens (including phenoxy) is 4. The molecule has 1 saturated heterocycles. The monoisotopic (exact) mass is 418 g/mol. The second-order valence-corrected chi connectivity index (χ2v) is 6.90. The molecule has 12 heteroatoms. The molecule has 0 aromatic carbocycles. The molecule has 4 atom stereocenters. The third-order valence-corrected chi connectivity index (χ3v) is 4.59. The van der Waals surface area contributed by atoms with Gasteiger partial charge in [0.1, 0.15) is 12.7 Å². The van der Waals surface area contributed by atoms with Gasteiger partial charge < -0.3 is 18.9 Å². The van der Waals surface area contributed by atoms with Crippen molar-refractivity contribution in [2.45, 2.75) is 38.4 Å². The predicted octanol–water partition coefficient (Wildman–Crippen LogP) is -0.0381. The van der Waals surface area contributed by atoms with Crippen molar-refractivity contribution < 1.29 is 28.5 Å². The first-order valence-corrected chi connectivity index (χ1v) is 9.38. The number of thioether (sulfide) groups is 1. The highest BCUT2D eigenvalue weighted by Gasteiger charge is 2.50. The Morgan fingerprint density at radius 2 is 1.96 bits per heavy atom. The minimum absolute atomic E-state index is 0.136. The Hall–Kier alpha value is -2.18. The van der Waals surface area contributed by atoms with E-state index in [0.717, 1.165) is 22.4 Å². The smallest absolute Gasteiger partial charge is 0.330 e. The number of thiocarbonyl (C=S) groups is 1. The molecule has 0 saturated carbocycles. The minimum Gasteiger partial charge on any atom is -0.466 e. The van der Waals surface area contributed by atoms with Gasteiger partial charge >= 0.3 is 17.6 Å². The van der Waals surface area contributed by atoms with E-state index < -0.39 is 47.7 Å². The van der Waals surface area contributed by atoms with E-state index in [1.165, 1.54) is 20.0 Å². The molecule has 1 aliphatic rings. The number of nitrogens with one attached hydrogen (secondary N) is 1. The molecule has 0 radical (unpaired) electrons. The van der Waals surface area contributed by atoms with Crippen molar-refractivity contribution in [3.8, 4) is 0 Å². The van der Waals surface area contributed by atoms with Crippen LogP contribution in [-0.4, -0.2) is 57.0 Å². The standard InChI is InChI=1S/C15H18N2O8S2/c1-7(18)22-6-9-11(23-8(2)19)12(25-15(26)27-3)13(24-9)17-5-4-10(20)16-14(17)21/h4-5,9,11-13H,6H2,1-3H3,(H,16,20,21)/t9-,11+,12?,13-/m1/s1. The van der Waals surface area contributed by atoms with Gasteiger partial charge in [0.15, 0.2) is 18.4 Å². The Balaban J connectivity index is 2.42. The van der Waals surface area contributed by atoms with E-state index in [1.54, 1.807) is 6.26 Å². The molecule has 2 heterocycles. The first-order chi connectivity index (χ1) is 12.7. The third kappa shape index (κ3) is 5.40. The van der Waals surface area contributed by atoms with Crippen LogP contribution in [-0.2, 0) is 28.5 Å². The van der Waals surface area contributed by atoms with Gasteiger partial charge in [0.05, 0.1) is 0 Å². The van der Waals surface area contributed by atoms with Crippen molar-refractivity contribution in [2.75, 3.05) is 12.9 Å². The summed E-state index contributed by atoms with van der Waals surface area (Å²) < 4.78 is 22.9. The number of H-pyrrole nitrogens is 1. The largest absolute Gasteiger partial charge is 0.466 e. The molecule has 1 aromatic rings. The second kappa shape index (κ2) is 9.15. The zero-order chi connectivity index (χ0) is 20.1. The Morgan fingerprint density at radius 3 is 2.52 bits per heavy atom. The highest BCUT2D eigenvalue weighted by molar-refractivity contribution is 8.22. The fourth-order valence-corrected chi connectivity index (χ4v) is 2.83. The molecule has 1 N–H and O–H groups in total. The molecule has 0 bridgehead atoms. The fraction of sp³-hybridized carbons (Fsp3) is 0.533. The van der Waals surface area contributed by atoms with E-state index in [0.29, 0.717) is 0 Å². The molecule has 2 rings (SSSR count). The van der Waals surface area contributed by atoms with Crippen molar-refractivity contribution in [1.29, 1.82) is 0 Å². The lowest BCUT2D eigenvalue weighted by molar-refractivity contribution is -0.157. The van der Waals surface area contributed by atoms with Gasteiger partial charge in [-0.05, 0) is 18.5 Å². The van der Waals surface area contributed by atoms with Crippen LogP contribution in [0, 0.1) is 0 Å². The zero-order valence-corrected chi connectivity index (χ0v) is 16.3. The molecule has 148 valence electrons. The van der Waals surface area contributed by atoms with Crippen molar-refractivity contribution in [3.63, 3.8) is 0 Å². The van der Waals surface area contributed by atoms with Crippen LogP contribution in [0.1, 0.15) is 20.1 Å². The summed E-state index contributed by atoms with van der Waals surface area (Å²) in [5.74, 6) is -1.17. The van der Waals surface area contributed by atoms with Gasteiger partial charge in [-0.3, -0.25) is 23.9 Å². The lowest BCUT2D eigenvalue weighted by Crippen LogP contribution is -2.42. The van der Waals surface area contributed by atoms with Gasteiger partial charge in [-0.25, -0.2) is 4.79 Å². The predicted molar refractivity (Wildman–Crippen MR) is 98.4 cm³/mol. The maximum Gasteiger partial charge on any atom is 0.330 e. The van der Waals surface area contributed by atoms with E-state index in [1.807, 2.05) is 0 Å². The topological polar surface area (TPSA) is 126 Å². The number of carbonyl (C=O) groups excluding carboxylic acids is 2. The van der Waals surface area contributed by atoms with Gasteiger partial charge in [-0.15, -0.1) is 0 Å². The van der Waals surface area contributed by atoms with Gasteiger partial charge in [0.25, 0.3) is 5.56 Å². The van der Waals surface area contributed by atoms with Gasteiger partial charge in [0, 0.05) is 26.1 Å². The minimum atomic E-state index is -1.08. The summed E-state index contributed by atoms with van der Waals surface area (Å²) >= 11 is 6.21. The first kappa shape index (κ1) is 21.1. The zero-order valence-electron chi connectivity index (χ0n) is 14.7. The van der Waals surface area contributed by atoms with Gasteiger partial charge in [-0.2, -0.15) is 0 Å². The summed E-state index contributed by atoms with van der Waals surface area (Å²) in [4.78, 5) is 48.3. The summed E-state index contributed by atoms with van der Waals surface area (Å²) in [6.45, 7) is 2.19. The summed E-state index contributed by atoms with van der Waals surface area (Å²) in [7, 11) is 0. The fourth-order valence-electron chi connectivity index (χ4n) is 2.51. The van der Waals surface area contributed by atoms with Crippen molar-refractivity contribution in [3.05, 3.63) is 33.1 Å². The number of aromatic nitrogens is 2. The van der Waals surface area contributed by atoms with E-state index in [4.69, 9.17) is 31.2 Å². The molecule has 1 unspecified atom stereocenters. The first-order valence-electron chi connectivity index (χ1n) is 7.75. The average molecular weight is 418 g/mol. The maximum absolute atomic E-state index is 12.2. The van der Waals surface area contributed by atoms with Crippen LogP contribution in [0.5, 0.6) is 0 Å². The average Bonchev–Trinajstić information content (AvgIpc) is 2.90. The van der Waals surface area contributed by atoms with Crippen LogP contribution >= 0.6 is 24.0 Å². The van der Waals surface area contributed by atoms with Crippen LogP contribution in [0.4, 0.5) is 0 Å². The highest BCUT2D eigenvalue weighted by Crippen LogP contribution is 2.34. The second-order valence-electron chi connectivity index (χ2n) is 5.50. The molecular formula is C15H18N2O8S2. The van der Waals surface area contributed by atoms with Crippen LogP contribution in [0.15, 0.2) is 21.9 Å². The lowest BCUT2D eigenvalue weighted by Gasteiger charge is -2.24. The van der Waals surface area contributed by atoms with Crippen LogP contribution < -0.4 is 11.2 Å². The third-order valence-electron chi connectivity index (χ3n) is 3.56. The normalized spacial score (nSPS) is 24.3. The Labute approximate surface area is 163 Å². The molecule has 1 fully saturated rings. The summed E-state index contributed by atoms with van der Waals surface area (Å²) in [5.41, 5.74) is -1.33. The molecular weight excluding hydrogens is 400 g/mol. The van der Waals surface area contributed by atoms with Crippen molar-refractivity contribution >= 4 is 40.3 Å². The molecule has 0 amide bonds. The number of aromatic amines is 1. The SMILES string of the molecule is CSC(=S)OC1[C@@H](OC(C)=O)[C@@H](COC(C)=O)O[C@H]1n1ccc(=O)[nH]c1=O. The van der Waals surface area contributed by atoms with Crippen LogP contribution in [0.3, 0.4) is 0 Å². The molecule has 0 spiro atoms. The number of rotatable bonds is 5. The van der Waals surface area contributed by atoms with Crippen molar-refractivity contribution in [1.82, 2.24) is 9.55 Å². The van der Waals surface area contributed by atoms with E-state index in [9.17, 15) is 19.2 Å². The van der Waals surface area contributed by atoms with Gasteiger partial charge in [0.2, 0.25) is 4.38 Å². The summed E-state index contributed by atoms with van der Waals surface area (Å²) in [6.07, 6.45) is -1.07. The van der Waals surface area contributed by atoms with E-state index in [2.05, 4.69) is 4.98 Å². The number of carbonyl (C=O) groups is 2. The maximum atomic E-state index is 12.2. The van der Waals surface area contributed by atoms with Crippen LogP contribution in [0.25, 0.3) is 0 Å². The number of esters is 2. The number of nitrogens with zero attached hydrogens (tertiary/aromatic N) is 1. The van der Waals surface area contributed by atoms with E-state index in [-0.39, 0.29) is 11.0 Å². The Bertz CT molecular complexity index is 836. The summed E-state index contributed by atoms with van der Waals surface area (Å²) in [5, 5.41) is 0. The van der Waals surface area contributed by atoms with Crippen molar-refractivity contribution in [2.24, 2.45) is 0 Å². The van der Waals surface area contributed by atoms with E-state index >= 15 is 0 Å². The highest BCUT2D eigenvalue weighted by atomic mass is 32.2. The Kier molecular flexibility index (Phi) is 7.16. The molecule has 27 heavy (non-hydrogen) atoms. The number of hydrogen-bond acceptors (Lipinski definition) is 10. The summed E-state index contributed by atoms with van der Waals surface area (Å²) in [6, 6.07) is 1.13. The Morgan fingerprint density at radius 1 is 1.26 bits per heavy atom. The molecule has 1 aliphatic heterocycles. The lowest BCUT2D eigenvalue weighted by atomic mass is 10.1. The molecule has 1 aromatic heterocycles. The van der Waals surface area contributed by atoms with Crippen LogP contribution in [0.2, 0.25) is 0 Å². The molecule has 0 aliphatic carbocycles. The quantitative estimate of drug-likeness (QED) is 0.514. The molecule has 10 nitrogen and oxygen atoms in total. The number of hydrogen-bond donors (Lipinski definition) is 1. The van der Waals surface area contributed by atoms with Gasteiger partial charge in [-0.1, -0.05) is 11.8 Å².